The molecule has 0 saturated heterocycles. The molecule has 0 aliphatic heterocycles. The van der Waals surface area contributed by atoms with Gasteiger partial charge in [0.15, 0.2) is 5.82 Å². The molecule has 0 saturated carbocycles. The lowest BCUT2D eigenvalue weighted by Crippen LogP contribution is -2.15. The predicted molar refractivity (Wildman–Crippen MR) is 106 cm³/mol. The second-order valence-corrected chi connectivity index (χ2v) is 7.14. The minimum absolute atomic E-state index is 0.178. The van der Waals surface area contributed by atoms with Gasteiger partial charge in [0.25, 0.3) is 5.91 Å². The van der Waals surface area contributed by atoms with Crippen molar-refractivity contribution < 1.29 is 9.53 Å². The van der Waals surface area contributed by atoms with Crippen molar-refractivity contribution in [3.8, 4) is 17.4 Å². The Morgan fingerprint density at radius 1 is 1.19 bits per heavy atom. The molecule has 2 aromatic carbocycles. The molecule has 0 amide bonds. The van der Waals surface area contributed by atoms with E-state index in [1.54, 1.807) is 24.3 Å². The van der Waals surface area contributed by atoms with Gasteiger partial charge in [-0.15, -0.1) is 5.10 Å². The first-order valence-corrected chi connectivity index (χ1v) is 9.35. The van der Waals surface area contributed by atoms with Gasteiger partial charge < -0.3 is 4.74 Å². The second-order valence-electron chi connectivity index (χ2n) is 6.70. The van der Waals surface area contributed by atoms with E-state index in [2.05, 4.69) is 17.0 Å². The quantitative estimate of drug-likeness (QED) is 0.608. The highest BCUT2D eigenvalue weighted by atomic mass is 35.5. The highest BCUT2D eigenvalue weighted by Crippen LogP contribution is 2.24. The van der Waals surface area contributed by atoms with Gasteiger partial charge in [-0.05, 0) is 42.2 Å². The summed E-state index contributed by atoms with van der Waals surface area (Å²) in [4.78, 5) is 17.5. The van der Waals surface area contributed by atoms with Crippen LogP contribution in [0.2, 0.25) is 5.02 Å². The molecule has 0 fully saturated rings. The molecule has 1 aromatic heterocycles. The molecule has 0 aliphatic carbocycles. The number of hydrogen-bond donors (Lipinski definition) is 0. The number of ether oxygens (including phenoxy) is 1. The molecule has 0 bridgehead atoms. The Labute approximate surface area is 164 Å². The SMILES string of the molecule is CCc1ccc(C(=O)n2nc(OCC(C)C)nc2-c2cccc(Cl)c2)cc1. The van der Waals surface area contributed by atoms with E-state index in [1.807, 2.05) is 38.1 Å². The Bertz CT molecular complexity index is 933. The fourth-order valence-corrected chi connectivity index (χ4v) is 2.75. The normalized spacial score (nSPS) is 11.0. The molecule has 6 heteroatoms. The number of hydrogen-bond acceptors (Lipinski definition) is 4. The Balaban J connectivity index is 2.01. The van der Waals surface area contributed by atoms with Crippen molar-refractivity contribution in [1.82, 2.24) is 14.8 Å². The second kappa shape index (κ2) is 8.35. The summed E-state index contributed by atoms with van der Waals surface area (Å²) >= 11 is 6.11. The van der Waals surface area contributed by atoms with Gasteiger partial charge in [0.1, 0.15) is 0 Å². The van der Waals surface area contributed by atoms with Crippen molar-refractivity contribution >= 4 is 17.5 Å². The Kier molecular flexibility index (Phi) is 5.91. The van der Waals surface area contributed by atoms with Crippen molar-refractivity contribution in [2.24, 2.45) is 5.92 Å². The summed E-state index contributed by atoms with van der Waals surface area (Å²) in [5.41, 5.74) is 2.41. The van der Waals surface area contributed by atoms with E-state index >= 15 is 0 Å². The Morgan fingerprint density at radius 3 is 2.56 bits per heavy atom. The number of aryl methyl sites for hydroxylation is 1. The summed E-state index contributed by atoms with van der Waals surface area (Å²) < 4.78 is 6.91. The molecule has 0 unspecified atom stereocenters. The van der Waals surface area contributed by atoms with Gasteiger partial charge in [-0.25, -0.2) is 0 Å². The van der Waals surface area contributed by atoms with Crippen LogP contribution in [0.25, 0.3) is 11.4 Å². The summed E-state index contributed by atoms with van der Waals surface area (Å²) in [5.74, 6) is 0.462. The van der Waals surface area contributed by atoms with Gasteiger partial charge in [-0.3, -0.25) is 4.79 Å². The minimum atomic E-state index is -0.264. The first kappa shape index (κ1) is 19.1. The number of aromatic nitrogens is 3. The van der Waals surface area contributed by atoms with Crippen LogP contribution in [0.15, 0.2) is 48.5 Å². The van der Waals surface area contributed by atoms with Gasteiger partial charge >= 0.3 is 6.01 Å². The van der Waals surface area contributed by atoms with Crippen molar-refractivity contribution in [3.05, 3.63) is 64.7 Å². The van der Waals surface area contributed by atoms with Gasteiger partial charge in [0.2, 0.25) is 0 Å². The van der Waals surface area contributed by atoms with E-state index in [0.717, 1.165) is 6.42 Å². The fourth-order valence-electron chi connectivity index (χ4n) is 2.56. The largest absolute Gasteiger partial charge is 0.462 e. The maximum Gasteiger partial charge on any atom is 0.336 e. The van der Waals surface area contributed by atoms with Crippen LogP contribution in [0, 0.1) is 5.92 Å². The van der Waals surface area contributed by atoms with Crippen LogP contribution in [-0.2, 0) is 6.42 Å². The molecule has 0 N–H and O–H groups in total. The zero-order valence-electron chi connectivity index (χ0n) is 15.6. The number of carbonyl (C=O) groups is 1. The molecule has 0 atom stereocenters. The van der Waals surface area contributed by atoms with Crippen molar-refractivity contribution in [3.63, 3.8) is 0 Å². The molecule has 0 aliphatic rings. The molecule has 0 spiro atoms. The molecule has 3 aromatic rings. The van der Waals surface area contributed by atoms with E-state index in [4.69, 9.17) is 16.3 Å². The molecular formula is C21H22ClN3O2. The first-order valence-electron chi connectivity index (χ1n) is 8.97. The monoisotopic (exact) mass is 383 g/mol. The first-order chi connectivity index (χ1) is 13.0. The highest BCUT2D eigenvalue weighted by molar-refractivity contribution is 6.30. The maximum absolute atomic E-state index is 13.0. The third-order valence-electron chi connectivity index (χ3n) is 4.02. The summed E-state index contributed by atoms with van der Waals surface area (Å²) in [6, 6.07) is 14.8. The lowest BCUT2D eigenvalue weighted by Gasteiger charge is -2.06. The van der Waals surface area contributed by atoms with Crippen LogP contribution >= 0.6 is 11.6 Å². The maximum atomic E-state index is 13.0. The van der Waals surface area contributed by atoms with Gasteiger partial charge in [0, 0.05) is 16.1 Å². The summed E-state index contributed by atoms with van der Waals surface area (Å²) in [6.07, 6.45) is 0.915. The lowest BCUT2D eigenvalue weighted by atomic mass is 10.1. The van der Waals surface area contributed by atoms with Crippen LogP contribution in [0.4, 0.5) is 0 Å². The van der Waals surface area contributed by atoms with E-state index in [9.17, 15) is 4.79 Å². The summed E-state index contributed by atoms with van der Waals surface area (Å²) in [6.45, 7) is 6.62. The number of nitrogens with zero attached hydrogens (tertiary/aromatic N) is 3. The number of benzene rings is 2. The van der Waals surface area contributed by atoms with E-state index in [1.165, 1.54) is 10.2 Å². The topological polar surface area (TPSA) is 57.0 Å². The van der Waals surface area contributed by atoms with E-state index in [0.29, 0.717) is 34.5 Å². The van der Waals surface area contributed by atoms with Crippen LogP contribution in [0.1, 0.15) is 36.7 Å². The van der Waals surface area contributed by atoms with Gasteiger partial charge in [-0.1, -0.05) is 56.6 Å². The molecule has 1 heterocycles. The zero-order chi connectivity index (χ0) is 19.4. The van der Waals surface area contributed by atoms with Gasteiger partial charge in [-0.2, -0.15) is 9.67 Å². The standard InChI is InChI=1S/C21H22ClN3O2/c1-4-15-8-10-16(11-9-15)20(26)25-19(17-6-5-7-18(22)12-17)23-21(24-25)27-13-14(2)3/h5-12,14H,4,13H2,1-3H3. The molecular weight excluding hydrogens is 362 g/mol. The van der Waals surface area contributed by atoms with Gasteiger partial charge in [0.05, 0.1) is 6.61 Å². The van der Waals surface area contributed by atoms with Crippen LogP contribution in [0.5, 0.6) is 6.01 Å². The third kappa shape index (κ3) is 4.55. The van der Waals surface area contributed by atoms with Crippen molar-refractivity contribution in [2.45, 2.75) is 27.2 Å². The third-order valence-corrected chi connectivity index (χ3v) is 4.25. The van der Waals surface area contributed by atoms with Crippen molar-refractivity contribution in [1.29, 1.82) is 0 Å². The fraction of sp³-hybridized carbons (Fsp3) is 0.286. The molecule has 27 heavy (non-hydrogen) atoms. The number of rotatable bonds is 6. The number of carbonyl (C=O) groups excluding carboxylic acids is 1. The Morgan fingerprint density at radius 2 is 1.93 bits per heavy atom. The molecule has 0 radical (unpaired) electrons. The molecule has 5 nitrogen and oxygen atoms in total. The zero-order valence-corrected chi connectivity index (χ0v) is 16.4. The predicted octanol–water partition coefficient (Wildman–Crippen LogP) is 4.88. The minimum Gasteiger partial charge on any atom is -0.462 e. The van der Waals surface area contributed by atoms with Crippen LogP contribution in [0.3, 0.4) is 0 Å². The van der Waals surface area contributed by atoms with Crippen LogP contribution in [-0.4, -0.2) is 27.3 Å². The lowest BCUT2D eigenvalue weighted by molar-refractivity contribution is 0.0944. The highest BCUT2D eigenvalue weighted by Gasteiger charge is 2.20. The van der Waals surface area contributed by atoms with E-state index < -0.39 is 0 Å². The average molecular weight is 384 g/mol. The van der Waals surface area contributed by atoms with Crippen molar-refractivity contribution in [2.75, 3.05) is 6.61 Å². The Hall–Kier alpha value is -2.66. The molecule has 3 rings (SSSR count). The van der Waals surface area contributed by atoms with E-state index in [-0.39, 0.29) is 11.9 Å². The average Bonchev–Trinajstić information content (AvgIpc) is 3.10. The molecule has 140 valence electrons. The number of halogens is 1. The summed E-state index contributed by atoms with van der Waals surface area (Å²) in [5, 5.41) is 4.86. The summed E-state index contributed by atoms with van der Waals surface area (Å²) in [7, 11) is 0. The smallest absolute Gasteiger partial charge is 0.336 e. The van der Waals surface area contributed by atoms with Crippen LogP contribution < -0.4 is 4.74 Å².